The van der Waals surface area contributed by atoms with E-state index in [1.807, 2.05) is 0 Å². The zero-order valence-electron chi connectivity index (χ0n) is 14.1. The van der Waals surface area contributed by atoms with Gasteiger partial charge in [0.05, 0.1) is 6.61 Å². The standard InChI is InChI=1S/C20H27NO2/c1-2-11-23-16-7-6-15-12-19-17-5-3-4-8-20(17,18(15)13-16)9-10-21(19)14-22/h6-7,13-14,17,19H,2-5,8-12H2,1H3/t17-,19+,20+/m0/s1. The molecule has 0 N–H and O–H groups in total. The van der Waals surface area contributed by atoms with Gasteiger partial charge in [0.2, 0.25) is 6.41 Å². The van der Waals surface area contributed by atoms with E-state index >= 15 is 0 Å². The maximum atomic E-state index is 11.5. The molecule has 0 spiro atoms. The molecule has 1 amide bonds. The van der Waals surface area contributed by atoms with Crippen molar-refractivity contribution in [1.82, 2.24) is 4.90 Å². The molecule has 1 aliphatic heterocycles. The van der Waals surface area contributed by atoms with Crippen molar-refractivity contribution >= 4 is 6.41 Å². The van der Waals surface area contributed by atoms with E-state index in [1.54, 1.807) is 0 Å². The zero-order valence-corrected chi connectivity index (χ0v) is 14.1. The second-order valence-electron chi connectivity index (χ2n) is 7.54. The summed E-state index contributed by atoms with van der Waals surface area (Å²) >= 11 is 0. The number of piperidine rings is 1. The summed E-state index contributed by atoms with van der Waals surface area (Å²) in [6, 6.07) is 7.12. The maximum absolute atomic E-state index is 11.5. The molecule has 1 aromatic rings. The summed E-state index contributed by atoms with van der Waals surface area (Å²) in [5.74, 6) is 1.67. The lowest BCUT2D eigenvalue weighted by atomic mass is 9.52. The van der Waals surface area contributed by atoms with Crippen molar-refractivity contribution < 1.29 is 9.53 Å². The Bertz CT molecular complexity index is 599. The molecule has 1 saturated carbocycles. The van der Waals surface area contributed by atoms with Crippen molar-refractivity contribution in [3.8, 4) is 5.75 Å². The SMILES string of the molecule is CCCOc1ccc2c(c1)[C@@]13CCCC[C@H]1[C@@H](C2)N(C=O)CC3. The van der Waals surface area contributed by atoms with Crippen molar-refractivity contribution in [3.63, 3.8) is 0 Å². The maximum Gasteiger partial charge on any atom is 0.209 e. The van der Waals surface area contributed by atoms with Gasteiger partial charge in [-0.1, -0.05) is 25.8 Å². The second kappa shape index (κ2) is 5.85. The number of amides is 1. The molecule has 3 nitrogen and oxygen atoms in total. The molecule has 1 heterocycles. The zero-order chi connectivity index (χ0) is 15.9. The van der Waals surface area contributed by atoms with Gasteiger partial charge in [0.15, 0.2) is 0 Å². The second-order valence-corrected chi connectivity index (χ2v) is 7.54. The molecule has 3 atom stereocenters. The van der Waals surface area contributed by atoms with E-state index in [0.717, 1.165) is 44.6 Å². The molecule has 3 aliphatic rings. The highest BCUT2D eigenvalue weighted by atomic mass is 16.5. The topological polar surface area (TPSA) is 29.5 Å². The molecule has 0 unspecified atom stereocenters. The van der Waals surface area contributed by atoms with Gasteiger partial charge in [-0.2, -0.15) is 0 Å². The van der Waals surface area contributed by atoms with Gasteiger partial charge in [-0.15, -0.1) is 0 Å². The molecule has 4 rings (SSSR count). The van der Waals surface area contributed by atoms with Crippen LogP contribution in [0.25, 0.3) is 0 Å². The van der Waals surface area contributed by atoms with Crippen molar-refractivity contribution in [2.45, 2.75) is 63.3 Å². The highest BCUT2D eigenvalue weighted by Gasteiger charge is 2.53. The summed E-state index contributed by atoms with van der Waals surface area (Å²) in [6.07, 6.45) is 9.47. The lowest BCUT2D eigenvalue weighted by Crippen LogP contribution is -2.60. The fourth-order valence-corrected chi connectivity index (χ4v) is 5.45. The molecular formula is C20H27NO2. The molecule has 3 heteroatoms. The van der Waals surface area contributed by atoms with E-state index in [9.17, 15) is 4.79 Å². The number of carbonyl (C=O) groups excluding carboxylic acids is 1. The number of ether oxygens (including phenoxy) is 1. The first-order valence-corrected chi connectivity index (χ1v) is 9.26. The van der Waals surface area contributed by atoms with E-state index in [0.29, 0.717) is 17.4 Å². The third-order valence-electron chi connectivity index (χ3n) is 6.46. The highest BCUT2D eigenvalue weighted by molar-refractivity contribution is 5.52. The molecule has 2 bridgehead atoms. The van der Waals surface area contributed by atoms with Crippen LogP contribution in [0.2, 0.25) is 0 Å². The lowest BCUT2D eigenvalue weighted by molar-refractivity contribution is -0.126. The van der Waals surface area contributed by atoms with Crippen LogP contribution in [0, 0.1) is 5.92 Å². The van der Waals surface area contributed by atoms with Gasteiger partial charge in [0, 0.05) is 18.0 Å². The summed E-state index contributed by atoms with van der Waals surface area (Å²) in [5.41, 5.74) is 3.28. The number of nitrogens with zero attached hydrogens (tertiary/aromatic N) is 1. The third kappa shape index (κ3) is 2.28. The van der Waals surface area contributed by atoms with E-state index < -0.39 is 0 Å². The lowest BCUT2D eigenvalue weighted by Gasteiger charge is -2.58. The Kier molecular flexibility index (Phi) is 3.82. The number of likely N-dealkylation sites (tertiary alicyclic amines) is 1. The average molecular weight is 313 g/mol. The van der Waals surface area contributed by atoms with Crippen molar-refractivity contribution in [2.75, 3.05) is 13.2 Å². The largest absolute Gasteiger partial charge is 0.494 e. The van der Waals surface area contributed by atoms with Crippen LogP contribution in [0.3, 0.4) is 0 Å². The summed E-state index contributed by atoms with van der Waals surface area (Å²) in [5, 5.41) is 0. The first-order valence-electron chi connectivity index (χ1n) is 9.26. The van der Waals surface area contributed by atoms with Crippen LogP contribution in [0.15, 0.2) is 18.2 Å². The van der Waals surface area contributed by atoms with Crippen LogP contribution < -0.4 is 4.74 Å². The monoisotopic (exact) mass is 313 g/mol. The Morgan fingerprint density at radius 3 is 3.09 bits per heavy atom. The Hall–Kier alpha value is -1.51. The number of rotatable bonds is 4. The Morgan fingerprint density at radius 2 is 2.26 bits per heavy atom. The van der Waals surface area contributed by atoms with Crippen LogP contribution in [0.5, 0.6) is 5.75 Å². The Labute approximate surface area is 139 Å². The molecule has 0 radical (unpaired) electrons. The molecule has 23 heavy (non-hydrogen) atoms. The van der Waals surface area contributed by atoms with Crippen molar-refractivity contribution in [1.29, 1.82) is 0 Å². The molecule has 1 saturated heterocycles. The summed E-state index contributed by atoms with van der Waals surface area (Å²) in [6.45, 7) is 3.86. The normalized spacial score (nSPS) is 32.0. The van der Waals surface area contributed by atoms with E-state index in [-0.39, 0.29) is 0 Å². The molecule has 0 aromatic heterocycles. The van der Waals surface area contributed by atoms with Gasteiger partial charge < -0.3 is 9.64 Å². The van der Waals surface area contributed by atoms with Gasteiger partial charge in [0.1, 0.15) is 5.75 Å². The number of hydrogen-bond acceptors (Lipinski definition) is 2. The third-order valence-corrected chi connectivity index (χ3v) is 6.46. The van der Waals surface area contributed by atoms with Gasteiger partial charge in [-0.25, -0.2) is 0 Å². The van der Waals surface area contributed by atoms with Gasteiger partial charge in [0.25, 0.3) is 0 Å². The van der Waals surface area contributed by atoms with Gasteiger partial charge in [-0.05, 0) is 61.3 Å². The molecule has 2 fully saturated rings. The van der Waals surface area contributed by atoms with Gasteiger partial charge >= 0.3 is 0 Å². The Balaban J connectivity index is 1.77. The minimum absolute atomic E-state index is 0.293. The van der Waals surface area contributed by atoms with Crippen molar-refractivity contribution in [2.24, 2.45) is 5.92 Å². The first kappa shape index (κ1) is 15.0. The van der Waals surface area contributed by atoms with Crippen LogP contribution in [0.1, 0.15) is 56.6 Å². The molecule has 2 aliphatic carbocycles. The minimum Gasteiger partial charge on any atom is -0.494 e. The summed E-state index contributed by atoms with van der Waals surface area (Å²) in [7, 11) is 0. The smallest absolute Gasteiger partial charge is 0.209 e. The number of fused-ring (bicyclic) bond motifs is 1. The molecule has 1 aromatic carbocycles. The minimum atomic E-state index is 0.293. The van der Waals surface area contributed by atoms with E-state index in [1.165, 1.54) is 36.8 Å². The fraction of sp³-hybridized carbons (Fsp3) is 0.650. The van der Waals surface area contributed by atoms with Gasteiger partial charge in [-0.3, -0.25) is 4.79 Å². The van der Waals surface area contributed by atoms with Crippen LogP contribution in [0.4, 0.5) is 0 Å². The highest BCUT2D eigenvalue weighted by Crippen LogP contribution is 2.55. The summed E-state index contributed by atoms with van der Waals surface area (Å²) < 4.78 is 5.91. The van der Waals surface area contributed by atoms with Crippen LogP contribution in [-0.4, -0.2) is 30.5 Å². The van der Waals surface area contributed by atoms with Crippen LogP contribution in [-0.2, 0) is 16.6 Å². The fourth-order valence-electron chi connectivity index (χ4n) is 5.45. The number of benzene rings is 1. The molecule has 124 valence electrons. The first-order chi connectivity index (χ1) is 11.3. The average Bonchev–Trinajstić information content (AvgIpc) is 2.60. The van der Waals surface area contributed by atoms with Crippen LogP contribution >= 0.6 is 0 Å². The van der Waals surface area contributed by atoms with E-state index in [2.05, 4.69) is 30.0 Å². The van der Waals surface area contributed by atoms with Crippen molar-refractivity contribution in [3.05, 3.63) is 29.3 Å². The van der Waals surface area contributed by atoms with E-state index in [4.69, 9.17) is 4.74 Å². The molecular weight excluding hydrogens is 286 g/mol. The number of hydrogen-bond donors (Lipinski definition) is 0. The number of carbonyl (C=O) groups is 1. The summed E-state index contributed by atoms with van der Waals surface area (Å²) in [4.78, 5) is 13.6. The Morgan fingerprint density at radius 1 is 1.35 bits per heavy atom. The predicted octanol–water partition coefficient (Wildman–Crippen LogP) is 3.69. The quantitative estimate of drug-likeness (QED) is 0.793. The predicted molar refractivity (Wildman–Crippen MR) is 90.7 cm³/mol.